The van der Waals surface area contributed by atoms with Crippen molar-refractivity contribution >= 4 is 17.6 Å². The van der Waals surface area contributed by atoms with E-state index in [0.717, 1.165) is 5.56 Å². The van der Waals surface area contributed by atoms with Crippen molar-refractivity contribution in [1.29, 1.82) is 0 Å². The van der Waals surface area contributed by atoms with Crippen LogP contribution in [0, 0.1) is 0 Å². The number of carboxylic acid groups (broad SMARTS) is 1. The van der Waals surface area contributed by atoms with Crippen LogP contribution in [-0.2, 0) is 11.2 Å². The number of rotatable bonds is 7. The predicted octanol–water partition coefficient (Wildman–Crippen LogP) is 3.25. The van der Waals surface area contributed by atoms with E-state index >= 15 is 0 Å². The molecule has 0 bridgehead atoms. The first-order chi connectivity index (χ1) is 10.1. The minimum atomic E-state index is -1.09. The molecule has 21 heavy (non-hydrogen) atoms. The zero-order chi connectivity index (χ0) is 15.2. The van der Waals surface area contributed by atoms with Crippen molar-refractivity contribution in [2.24, 2.45) is 0 Å². The van der Waals surface area contributed by atoms with Crippen LogP contribution in [0.1, 0.15) is 21.9 Å². The molecular formula is C15H15ClO5. The van der Waals surface area contributed by atoms with Crippen LogP contribution in [0.25, 0.3) is 0 Å². The Morgan fingerprint density at radius 3 is 2.76 bits per heavy atom. The largest absolute Gasteiger partial charge is 0.491 e. The Balaban J connectivity index is 2.16. The number of carboxylic acids is 1. The third-order valence-corrected chi connectivity index (χ3v) is 3.04. The van der Waals surface area contributed by atoms with Crippen LogP contribution in [0.2, 0.25) is 5.02 Å². The maximum Gasteiger partial charge on any atom is 0.371 e. The van der Waals surface area contributed by atoms with Crippen molar-refractivity contribution < 1.29 is 23.8 Å². The first-order valence-electron chi connectivity index (χ1n) is 6.32. The molecule has 1 heterocycles. The molecule has 2 rings (SSSR count). The lowest BCUT2D eigenvalue weighted by Gasteiger charge is -2.11. The molecule has 0 fully saturated rings. The Morgan fingerprint density at radius 2 is 2.10 bits per heavy atom. The summed E-state index contributed by atoms with van der Waals surface area (Å²) in [6, 6.07) is 8.33. The lowest BCUT2D eigenvalue weighted by atomic mass is 10.1. The van der Waals surface area contributed by atoms with Gasteiger partial charge in [0.25, 0.3) is 0 Å². The molecule has 0 amide bonds. The first-order valence-corrected chi connectivity index (χ1v) is 6.70. The minimum Gasteiger partial charge on any atom is -0.491 e. The Kier molecular flexibility index (Phi) is 5.25. The van der Waals surface area contributed by atoms with Crippen molar-refractivity contribution in [1.82, 2.24) is 0 Å². The fourth-order valence-corrected chi connectivity index (χ4v) is 2.03. The Labute approximate surface area is 127 Å². The van der Waals surface area contributed by atoms with Crippen molar-refractivity contribution in [3.8, 4) is 5.75 Å². The standard InChI is InChI=1S/C15H15ClO5/c1-19-6-7-20-13-4-2-11(16)8-10(13)9-12-3-5-14(21-12)15(17)18/h2-5,8H,6-7,9H2,1H3,(H,17,18). The zero-order valence-electron chi connectivity index (χ0n) is 11.5. The predicted molar refractivity (Wildman–Crippen MR) is 77.3 cm³/mol. The number of carbonyl (C=O) groups is 1. The molecule has 1 aromatic carbocycles. The molecule has 0 atom stereocenters. The monoisotopic (exact) mass is 310 g/mol. The highest BCUT2D eigenvalue weighted by molar-refractivity contribution is 6.30. The summed E-state index contributed by atoms with van der Waals surface area (Å²) < 4.78 is 15.8. The number of hydrogen-bond donors (Lipinski definition) is 1. The molecule has 0 aliphatic carbocycles. The van der Waals surface area contributed by atoms with Gasteiger partial charge in [-0.15, -0.1) is 0 Å². The molecule has 112 valence electrons. The average molecular weight is 311 g/mol. The number of aromatic carboxylic acids is 1. The van der Waals surface area contributed by atoms with Gasteiger partial charge in [0.15, 0.2) is 0 Å². The van der Waals surface area contributed by atoms with Crippen molar-refractivity contribution in [3.63, 3.8) is 0 Å². The van der Waals surface area contributed by atoms with E-state index in [1.807, 2.05) is 0 Å². The fraction of sp³-hybridized carbons (Fsp3) is 0.267. The van der Waals surface area contributed by atoms with E-state index in [1.165, 1.54) is 6.07 Å². The van der Waals surface area contributed by atoms with E-state index in [9.17, 15) is 4.79 Å². The zero-order valence-corrected chi connectivity index (χ0v) is 12.2. The van der Waals surface area contributed by atoms with E-state index in [2.05, 4.69) is 0 Å². The fourth-order valence-electron chi connectivity index (χ4n) is 1.84. The van der Waals surface area contributed by atoms with Crippen molar-refractivity contribution in [2.45, 2.75) is 6.42 Å². The highest BCUT2D eigenvalue weighted by Gasteiger charge is 2.12. The van der Waals surface area contributed by atoms with Crippen molar-refractivity contribution in [3.05, 3.63) is 52.4 Å². The van der Waals surface area contributed by atoms with Crippen LogP contribution in [-0.4, -0.2) is 31.4 Å². The third-order valence-electron chi connectivity index (χ3n) is 2.80. The third kappa shape index (κ3) is 4.24. The highest BCUT2D eigenvalue weighted by Crippen LogP contribution is 2.26. The molecule has 0 aliphatic heterocycles. The Bertz CT molecular complexity index is 620. The van der Waals surface area contributed by atoms with Crippen molar-refractivity contribution in [2.75, 3.05) is 20.3 Å². The average Bonchev–Trinajstić information content (AvgIpc) is 2.90. The molecule has 1 aromatic heterocycles. The minimum absolute atomic E-state index is 0.0890. The summed E-state index contributed by atoms with van der Waals surface area (Å²) in [4.78, 5) is 10.8. The van der Waals surface area contributed by atoms with E-state index in [4.69, 9.17) is 30.6 Å². The van der Waals surface area contributed by atoms with Gasteiger partial charge in [-0.05, 0) is 30.3 Å². The molecule has 0 unspecified atom stereocenters. The first kappa shape index (κ1) is 15.4. The topological polar surface area (TPSA) is 68.9 Å². The number of ether oxygens (including phenoxy) is 2. The normalized spacial score (nSPS) is 10.6. The molecule has 0 saturated heterocycles. The number of furan rings is 1. The molecule has 0 saturated carbocycles. The lowest BCUT2D eigenvalue weighted by Crippen LogP contribution is -2.06. The van der Waals surface area contributed by atoms with Gasteiger partial charge in [0, 0.05) is 24.1 Å². The summed E-state index contributed by atoms with van der Waals surface area (Å²) in [5, 5.41) is 9.43. The highest BCUT2D eigenvalue weighted by atomic mass is 35.5. The maximum atomic E-state index is 10.8. The van der Waals surface area contributed by atoms with Gasteiger partial charge in [0.1, 0.15) is 18.1 Å². The Morgan fingerprint density at radius 1 is 1.29 bits per heavy atom. The molecule has 0 spiro atoms. The van der Waals surface area contributed by atoms with Crippen LogP contribution in [0.4, 0.5) is 0 Å². The molecule has 5 nitrogen and oxygen atoms in total. The van der Waals surface area contributed by atoms with Crippen LogP contribution in [0.3, 0.4) is 0 Å². The van der Waals surface area contributed by atoms with Gasteiger partial charge in [-0.3, -0.25) is 0 Å². The van der Waals surface area contributed by atoms with Gasteiger partial charge in [0.2, 0.25) is 5.76 Å². The molecule has 6 heteroatoms. The van der Waals surface area contributed by atoms with Crippen LogP contribution in [0.5, 0.6) is 5.75 Å². The smallest absolute Gasteiger partial charge is 0.371 e. The summed E-state index contributed by atoms with van der Waals surface area (Å²) in [5.74, 6) is 0.0220. The molecule has 0 radical (unpaired) electrons. The van der Waals surface area contributed by atoms with Gasteiger partial charge < -0.3 is 19.0 Å². The van der Waals surface area contributed by atoms with Gasteiger partial charge in [-0.1, -0.05) is 11.6 Å². The second-order valence-corrected chi connectivity index (χ2v) is 4.78. The summed E-state index contributed by atoms with van der Waals surface area (Å²) in [5.41, 5.74) is 0.824. The van der Waals surface area contributed by atoms with E-state index in [1.54, 1.807) is 31.4 Å². The van der Waals surface area contributed by atoms with Gasteiger partial charge in [-0.2, -0.15) is 0 Å². The van der Waals surface area contributed by atoms with Gasteiger partial charge >= 0.3 is 5.97 Å². The molecule has 0 aliphatic rings. The van der Waals surface area contributed by atoms with Crippen LogP contribution in [0.15, 0.2) is 34.7 Å². The summed E-state index contributed by atoms with van der Waals surface area (Å²) in [6.07, 6.45) is 0.399. The van der Waals surface area contributed by atoms with Crippen LogP contribution >= 0.6 is 11.6 Å². The number of halogens is 1. The van der Waals surface area contributed by atoms with Gasteiger partial charge in [-0.25, -0.2) is 4.79 Å². The number of benzene rings is 1. The second kappa shape index (κ2) is 7.15. The summed E-state index contributed by atoms with van der Waals surface area (Å²) in [6.45, 7) is 0.898. The molecule has 2 aromatic rings. The van der Waals surface area contributed by atoms with Gasteiger partial charge in [0.05, 0.1) is 6.61 Å². The van der Waals surface area contributed by atoms with Crippen LogP contribution < -0.4 is 4.74 Å². The van der Waals surface area contributed by atoms with E-state index in [-0.39, 0.29) is 5.76 Å². The van der Waals surface area contributed by atoms with E-state index in [0.29, 0.717) is 36.2 Å². The number of methoxy groups -OCH3 is 1. The van der Waals surface area contributed by atoms with E-state index < -0.39 is 5.97 Å². The second-order valence-electron chi connectivity index (χ2n) is 4.34. The SMILES string of the molecule is COCCOc1ccc(Cl)cc1Cc1ccc(C(=O)O)o1. The number of hydrogen-bond acceptors (Lipinski definition) is 4. The maximum absolute atomic E-state index is 10.8. The quantitative estimate of drug-likeness (QED) is 0.795. The summed E-state index contributed by atoms with van der Waals surface area (Å²) in [7, 11) is 1.60. The lowest BCUT2D eigenvalue weighted by molar-refractivity contribution is 0.0660. The Hall–Kier alpha value is -1.98. The summed E-state index contributed by atoms with van der Waals surface area (Å²) >= 11 is 6.00. The molecule has 1 N–H and O–H groups in total. The molecular weight excluding hydrogens is 296 g/mol.